The molecule has 0 aromatic heterocycles. The Bertz CT molecular complexity index is 543. The van der Waals surface area contributed by atoms with Gasteiger partial charge >= 0.3 is 0 Å². The van der Waals surface area contributed by atoms with E-state index in [9.17, 15) is 9.59 Å². The number of nitrogens with zero attached hydrogens (tertiary/aromatic N) is 2. The molecule has 5 nitrogen and oxygen atoms in total. The average molecular weight is 368 g/mol. The number of hydrogen-bond donors (Lipinski definition) is 1. The SMILES string of the molecule is CC(=O)N(CCC(=O)N1CCC(C(C)N)CC1)Cc1ccccc1.Cl. The largest absolute Gasteiger partial charge is 0.343 e. The van der Waals surface area contributed by atoms with Gasteiger partial charge in [-0.05, 0) is 31.2 Å². The maximum absolute atomic E-state index is 12.4. The number of likely N-dealkylation sites (tertiary alicyclic amines) is 1. The van der Waals surface area contributed by atoms with Crippen molar-refractivity contribution in [1.29, 1.82) is 0 Å². The highest BCUT2D eigenvalue weighted by Gasteiger charge is 2.25. The lowest BCUT2D eigenvalue weighted by molar-refractivity contribution is -0.134. The third-order valence-corrected chi connectivity index (χ3v) is 4.89. The van der Waals surface area contributed by atoms with Crippen LogP contribution >= 0.6 is 12.4 Å². The molecule has 1 saturated heterocycles. The molecule has 1 aliphatic rings. The van der Waals surface area contributed by atoms with Gasteiger partial charge in [0.15, 0.2) is 0 Å². The summed E-state index contributed by atoms with van der Waals surface area (Å²) in [6.45, 7) is 6.18. The molecule has 6 heteroatoms. The molecule has 1 unspecified atom stereocenters. The quantitative estimate of drug-likeness (QED) is 0.839. The lowest BCUT2D eigenvalue weighted by Crippen LogP contribution is -2.43. The normalized spacial score (nSPS) is 16.0. The van der Waals surface area contributed by atoms with Gasteiger partial charge in [-0.2, -0.15) is 0 Å². The van der Waals surface area contributed by atoms with Crippen LogP contribution in [0.4, 0.5) is 0 Å². The molecule has 1 aliphatic heterocycles. The minimum absolute atomic E-state index is 0. The highest BCUT2D eigenvalue weighted by Crippen LogP contribution is 2.20. The van der Waals surface area contributed by atoms with E-state index in [1.165, 1.54) is 0 Å². The number of benzene rings is 1. The van der Waals surface area contributed by atoms with Crippen molar-refractivity contribution in [2.45, 2.75) is 45.7 Å². The molecule has 1 atom stereocenters. The van der Waals surface area contributed by atoms with Gasteiger partial charge < -0.3 is 15.5 Å². The fourth-order valence-corrected chi connectivity index (χ4v) is 3.22. The molecule has 0 aliphatic carbocycles. The van der Waals surface area contributed by atoms with Crippen LogP contribution in [0.25, 0.3) is 0 Å². The highest BCUT2D eigenvalue weighted by atomic mass is 35.5. The van der Waals surface area contributed by atoms with E-state index in [0.29, 0.717) is 25.4 Å². The van der Waals surface area contributed by atoms with Crippen molar-refractivity contribution in [3.05, 3.63) is 35.9 Å². The van der Waals surface area contributed by atoms with Gasteiger partial charge in [0, 0.05) is 45.6 Å². The second-order valence-corrected chi connectivity index (χ2v) is 6.75. The molecule has 25 heavy (non-hydrogen) atoms. The molecule has 1 aromatic carbocycles. The summed E-state index contributed by atoms with van der Waals surface area (Å²) >= 11 is 0. The molecule has 0 radical (unpaired) electrons. The van der Waals surface area contributed by atoms with E-state index >= 15 is 0 Å². The van der Waals surface area contributed by atoms with Gasteiger partial charge in [-0.15, -0.1) is 12.4 Å². The summed E-state index contributed by atoms with van der Waals surface area (Å²) in [7, 11) is 0. The molecule has 0 saturated carbocycles. The number of amides is 2. The molecule has 0 spiro atoms. The average Bonchev–Trinajstić information content (AvgIpc) is 2.59. The number of nitrogens with two attached hydrogens (primary N) is 1. The molecule has 2 N–H and O–H groups in total. The molecular formula is C19H30ClN3O2. The second kappa shape index (κ2) is 10.4. The fraction of sp³-hybridized carbons (Fsp3) is 0.579. The summed E-state index contributed by atoms with van der Waals surface area (Å²) < 4.78 is 0. The molecule has 2 amide bonds. The molecular weight excluding hydrogens is 338 g/mol. The maximum Gasteiger partial charge on any atom is 0.224 e. The van der Waals surface area contributed by atoms with Crippen LogP contribution in [-0.2, 0) is 16.1 Å². The molecule has 2 rings (SSSR count). The van der Waals surface area contributed by atoms with E-state index in [1.807, 2.05) is 42.2 Å². The monoisotopic (exact) mass is 367 g/mol. The molecule has 140 valence electrons. The van der Waals surface area contributed by atoms with Crippen LogP contribution in [-0.4, -0.2) is 47.3 Å². The maximum atomic E-state index is 12.4. The van der Waals surface area contributed by atoms with Gasteiger partial charge in [-0.3, -0.25) is 9.59 Å². The first kappa shape index (κ1) is 21.5. The van der Waals surface area contributed by atoms with E-state index in [1.54, 1.807) is 11.8 Å². The van der Waals surface area contributed by atoms with E-state index in [4.69, 9.17) is 5.73 Å². The zero-order valence-corrected chi connectivity index (χ0v) is 16.0. The fourth-order valence-electron chi connectivity index (χ4n) is 3.22. The van der Waals surface area contributed by atoms with Crippen LogP contribution in [0.5, 0.6) is 0 Å². The Kier molecular flexibility index (Phi) is 8.93. The van der Waals surface area contributed by atoms with Gasteiger partial charge in [0.25, 0.3) is 0 Å². The van der Waals surface area contributed by atoms with Gasteiger partial charge in [0.2, 0.25) is 11.8 Å². The Morgan fingerprint density at radius 2 is 1.84 bits per heavy atom. The number of rotatable bonds is 6. The Morgan fingerprint density at radius 1 is 1.24 bits per heavy atom. The lowest BCUT2D eigenvalue weighted by atomic mass is 9.91. The van der Waals surface area contributed by atoms with E-state index in [-0.39, 0.29) is 30.3 Å². The number of carbonyl (C=O) groups is 2. The summed E-state index contributed by atoms with van der Waals surface area (Å²) in [4.78, 5) is 27.9. The molecule has 0 bridgehead atoms. The van der Waals surface area contributed by atoms with E-state index < -0.39 is 0 Å². The van der Waals surface area contributed by atoms with Crippen molar-refractivity contribution in [2.75, 3.05) is 19.6 Å². The minimum Gasteiger partial charge on any atom is -0.343 e. The highest BCUT2D eigenvalue weighted by molar-refractivity contribution is 5.85. The predicted octanol–water partition coefficient (Wildman–Crippen LogP) is 2.43. The van der Waals surface area contributed by atoms with Gasteiger partial charge in [0.1, 0.15) is 0 Å². The number of halogens is 1. The first-order valence-electron chi connectivity index (χ1n) is 8.80. The molecule has 1 fully saturated rings. The Morgan fingerprint density at radius 3 is 2.36 bits per heavy atom. The number of piperidine rings is 1. The van der Waals surface area contributed by atoms with Gasteiger partial charge in [-0.25, -0.2) is 0 Å². The van der Waals surface area contributed by atoms with Crippen LogP contribution in [0.1, 0.15) is 38.7 Å². The van der Waals surface area contributed by atoms with Crippen LogP contribution in [0.3, 0.4) is 0 Å². The summed E-state index contributed by atoms with van der Waals surface area (Å²) in [5.41, 5.74) is 7.03. The number of hydrogen-bond acceptors (Lipinski definition) is 3. The predicted molar refractivity (Wildman–Crippen MR) is 102 cm³/mol. The van der Waals surface area contributed by atoms with Crippen molar-refractivity contribution in [3.8, 4) is 0 Å². The van der Waals surface area contributed by atoms with Crippen LogP contribution in [0.2, 0.25) is 0 Å². The Labute approximate surface area is 157 Å². The Balaban J connectivity index is 0.00000312. The van der Waals surface area contributed by atoms with Crippen molar-refractivity contribution in [3.63, 3.8) is 0 Å². The first-order chi connectivity index (χ1) is 11.5. The van der Waals surface area contributed by atoms with Gasteiger partial charge in [0.05, 0.1) is 0 Å². The van der Waals surface area contributed by atoms with Crippen LogP contribution < -0.4 is 5.73 Å². The van der Waals surface area contributed by atoms with Crippen molar-refractivity contribution >= 4 is 24.2 Å². The van der Waals surface area contributed by atoms with Crippen molar-refractivity contribution in [2.24, 2.45) is 11.7 Å². The smallest absolute Gasteiger partial charge is 0.224 e. The van der Waals surface area contributed by atoms with Gasteiger partial charge in [-0.1, -0.05) is 30.3 Å². The third-order valence-electron chi connectivity index (χ3n) is 4.89. The summed E-state index contributed by atoms with van der Waals surface area (Å²) in [5, 5.41) is 0. The lowest BCUT2D eigenvalue weighted by Gasteiger charge is -2.34. The second-order valence-electron chi connectivity index (χ2n) is 6.75. The van der Waals surface area contributed by atoms with Crippen molar-refractivity contribution < 1.29 is 9.59 Å². The third kappa shape index (κ3) is 6.67. The first-order valence-corrected chi connectivity index (χ1v) is 8.80. The minimum atomic E-state index is 0. The van der Waals surface area contributed by atoms with Crippen LogP contribution in [0, 0.1) is 5.92 Å². The summed E-state index contributed by atoms with van der Waals surface area (Å²) in [6, 6.07) is 10.1. The van der Waals surface area contributed by atoms with E-state index in [2.05, 4.69) is 0 Å². The standard InChI is InChI=1S/C19H29N3O2.ClH/c1-15(20)18-8-11-21(12-9-18)19(24)10-13-22(16(2)23)14-17-6-4-3-5-7-17;/h3-7,15,18H,8-14,20H2,1-2H3;1H. The zero-order valence-electron chi connectivity index (χ0n) is 15.2. The Hall–Kier alpha value is -1.59. The number of carbonyl (C=O) groups excluding carboxylic acids is 2. The van der Waals surface area contributed by atoms with Crippen LogP contribution in [0.15, 0.2) is 30.3 Å². The summed E-state index contributed by atoms with van der Waals surface area (Å²) in [6.07, 6.45) is 2.34. The summed E-state index contributed by atoms with van der Waals surface area (Å²) in [5.74, 6) is 0.653. The topological polar surface area (TPSA) is 66.6 Å². The zero-order chi connectivity index (χ0) is 17.5. The van der Waals surface area contributed by atoms with Crippen molar-refractivity contribution in [1.82, 2.24) is 9.80 Å². The molecule has 1 heterocycles. The van der Waals surface area contributed by atoms with E-state index in [0.717, 1.165) is 31.5 Å². The molecule has 1 aromatic rings.